The van der Waals surface area contributed by atoms with Crippen LogP contribution in [0.25, 0.3) is 0 Å². The zero-order valence-electron chi connectivity index (χ0n) is 14.3. The molecule has 0 aliphatic carbocycles. The van der Waals surface area contributed by atoms with E-state index in [0.717, 1.165) is 5.57 Å². The Hall–Kier alpha value is -1.75. The van der Waals surface area contributed by atoms with Crippen LogP contribution >= 0.6 is 0 Å². The molecule has 3 rings (SSSR count). The largest absolute Gasteiger partial charge is 0.455 e. The Morgan fingerprint density at radius 1 is 1.29 bits per heavy atom. The summed E-state index contributed by atoms with van der Waals surface area (Å²) in [4.78, 5) is 36.7. The monoisotopic (exact) mass is 332 g/mol. The van der Waals surface area contributed by atoms with E-state index in [0.29, 0.717) is 31.3 Å². The van der Waals surface area contributed by atoms with Gasteiger partial charge in [-0.15, -0.1) is 0 Å². The van der Waals surface area contributed by atoms with Gasteiger partial charge < -0.3 is 9.47 Å². The number of ether oxygens (including phenoxy) is 2. The minimum atomic E-state index is -0.680. The molecule has 1 fully saturated rings. The Balaban J connectivity index is 1.87. The van der Waals surface area contributed by atoms with Gasteiger partial charge >= 0.3 is 5.97 Å². The summed E-state index contributed by atoms with van der Waals surface area (Å²) in [6.07, 6.45) is 3.26. The molecule has 3 heterocycles. The highest BCUT2D eigenvalue weighted by atomic mass is 16.6. The van der Waals surface area contributed by atoms with E-state index >= 15 is 0 Å². The standard InChI is InChI=1S/C19H24O5/c1-11(2)12-4-5-13-7-15(23-18(13)22)9-19(3)10-16(21)17(24-19)8-14(20)6-12/h7,12,15,17H,1,4-6,8-10H2,2-3H3/t12-,15-,17+,19?/m0/s1. The minimum absolute atomic E-state index is 0.00823. The van der Waals surface area contributed by atoms with E-state index in [9.17, 15) is 14.4 Å². The van der Waals surface area contributed by atoms with Crippen LogP contribution in [0.5, 0.6) is 0 Å². The maximum absolute atomic E-state index is 12.4. The van der Waals surface area contributed by atoms with Crippen LogP contribution in [0.1, 0.15) is 52.4 Å². The van der Waals surface area contributed by atoms with Crippen LogP contribution in [0.2, 0.25) is 0 Å². The number of hydrogen-bond donors (Lipinski definition) is 0. The molecule has 1 saturated heterocycles. The smallest absolute Gasteiger partial charge is 0.334 e. The summed E-state index contributed by atoms with van der Waals surface area (Å²) in [6, 6.07) is 0. The summed E-state index contributed by atoms with van der Waals surface area (Å²) >= 11 is 0. The van der Waals surface area contributed by atoms with Crippen LogP contribution in [-0.4, -0.2) is 35.3 Å². The molecule has 0 aromatic heterocycles. The van der Waals surface area contributed by atoms with Crippen molar-refractivity contribution in [2.45, 2.75) is 70.2 Å². The third-order valence-corrected chi connectivity index (χ3v) is 5.22. The molecule has 0 aromatic rings. The third-order valence-electron chi connectivity index (χ3n) is 5.22. The van der Waals surface area contributed by atoms with Gasteiger partial charge in [-0.2, -0.15) is 0 Å². The summed E-state index contributed by atoms with van der Waals surface area (Å²) in [5.41, 5.74) is 0.897. The second-order valence-corrected chi connectivity index (χ2v) is 7.57. The van der Waals surface area contributed by atoms with Gasteiger partial charge in [0.2, 0.25) is 0 Å². The summed E-state index contributed by atoms with van der Waals surface area (Å²) in [6.45, 7) is 7.72. The van der Waals surface area contributed by atoms with Crippen LogP contribution in [0, 0.1) is 5.92 Å². The van der Waals surface area contributed by atoms with E-state index in [1.807, 2.05) is 19.9 Å². The Morgan fingerprint density at radius 3 is 2.75 bits per heavy atom. The van der Waals surface area contributed by atoms with E-state index < -0.39 is 11.7 Å². The van der Waals surface area contributed by atoms with Crippen molar-refractivity contribution in [2.24, 2.45) is 5.92 Å². The molecule has 3 aliphatic heterocycles. The summed E-state index contributed by atoms with van der Waals surface area (Å²) in [7, 11) is 0. The van der Waals surface area contributed by atoms with Crippen molar-refractivity contribution in [1.29, 1.82) is 0 Å². The highest BCUT2D eigenvalue weighted by Crippen LogP contribution is 2.37. The number of carbonyl (C=O) groups excluding carboxylic acids is 3. The number of rotatable bonds is 1. The van der Waals surface area contributed by atoms with Gasteiger partial charge in [0.1, 0.15) is 18.0 Å². The first kappa shape index (κ1) is 17.1. The molecule has 3 aliphatic rings. The number of esters is 1. The van der Waals surface area contributed by atoms with Gasteiger partial charge in [0.15, 0.2) is 5.78 Å². The van der Waals surface area contributed by atoms with Gasteiger partial charge in [0.25, 0.3) is 0 Å². The summed E-state index contributed by atoms with van der Waals surface area (Å²) < 4.78 is 11.3. The molecule has 0 saturated carbocycles. The van der Waals surface area contributed by atoms with Crippen molar-refractivity contribution < 1.29 is 23.9 Å². The first-order chi connectivity index (χ1) is 11.3. The molecule has 0 spiro atoms. The number of fused-ring (bicyclic) bond motifs is 3. The second kappa shape index (κ2) is 6.28. The van der Waals surface area contributed by atoms with Crippen molar-refractivity contribution in [3.05, 3.63) is 23.8 Å². The Morgan fingerprint density at radius 2 is 2.04 bits per heavy atom. The molecule has 1 unspecified atom stereocenters. The van der Waals surface area contributed by atoms with E-state index in [1.54, 1.807) is 0 Å². The van der Waals surface area contributed by atoms with Crippen LogP contribution in [0.3, 0.4) is 0 Å². The lowest BCUT2D eigenvalue weighted by atomic mass is 9.87. The molecular weight excluding hydrogens is 308 g/mol. The average Bonchev–Trinajstić information content (AvgIpc) is 2.93. The molecule has 5 nitrogen and oxygen atoms in total. The summed E-state index contributed by atoms with van der Waals surface area (Å²) in [5.74, 6) is -0.308. The predicted octanol–water partition coefficient (Wildman–Crippen LogP) is 2.68. The lowest BCUT2D eigenvalue weighted by molar-refractivity contribution is -0.143. The second-order valence-electron chi connectivity index (χ2n) is 7.57. The molecule has 0 N–H and O–H groups in total. The third kappa shape index (κ3) is 3.51. The van der Waals surface area contributed by atoms with E-state index in [2.05, 4.69) is 6.58 Å². The molecular formula is C19H24O5. The van der Waals surface area contributed by atoms with Crippen LogP contribution in [-0.2, 0) is 23.9 Å². The van der Waals surface area contributed by atoms with Gasteiger partial charge in [-0.1, -0.05) is 12.2 Å². The topological polar surface area (TPSA) is 69.7 Å². The molecule has 0 aromatic carbocycles. The number of ketones is 2. The van der Waals surface area contributed by atoms with Gasteiger partial charge in [-0.05, 0) is 38.7 Å². The van der Waals surface area contributed by atoms with Gasteiger partial charge in [-0.25, -0.2) is 4.79 Å². The molecule has 24 heavy (non-hydrogen) atoms. The van der Waals surface area contributed by atoms with Crippen LogP contribution in [0.4, 0.5) is 0 Å². The Labute approximate surface area is 142 Å². The molecule has 5 heteroatoms. The zero-order valence-corrected chi connectivity index (χ0v) is 14.3. The fourth-order valence-corrected chi connectivity index (χ4v) is 3.88. The Kier molecular flexibility index (Phi) is 4.47. The van der Waals surface area contributed by atoms with Gasteiger partial charge in [0, 0.05) is 31.3 Å². The van der Waals surface area contributed by atoms with Crippen molar-refractivity contribution in [3.8, 4) is 0 Å². The molecule has 0 radical (unpaired) electrons. The zero-order chi connectivity index (χ0) is 17.5. The van der Waals surface area contributed by atoms with E-state index in [1.165, 1.54) is 0 Å². The van der Waals surface area contributed by atoms with Gasteiger partial charge in [-0.3, -0.25) is 9.59 Å². The predicted molar refractivity (Wildman–Crippen MR) is 87.3 cm³/mol. The Bertz CT molecular complexity index is 632. The average molecular weight is 332 g/mol. The van der Waals surface area contributed by atoms with Crippen LogP contribution < -0.4 is 0 Å². The van der Waals surface area contributed by atoms with Crippen molar-refractivity contribution in [3.63, 3.8) is 0 Å². The van der Waals surface area contributed by atoms with E-state index in [4.69, 9.17) is 9.47 Å². The van der Waals surface area contributed by atoms with Crippen molar-refractivity contribution >= 4 is 17.5 Å². The molecule has 4 atom stereocenters. The maximum atomic E-state index is 12.4. The fourth-order valence-electron chi connectivity index (χ4n) is 3.88. The lowest BCUT2D eigenvalue weighted by Crippen LogP contribution is -2.31. The molecule has 0 amide bonds. The fraction of sp³-hybridized carbons (Fsp3) is 0.632. The number of carbonyl (C=O) groups is 3. The minimum Gasteiger partial charge on any atom is -0.455 e. The highest BCUT2D eigenvalue weighted by molar-refractivity contribution is 5.92. The lowest BCUT2D eigenvalue weighted by Gasteiger charge is -2.26. The quantitative estimate of drug-likeness (QED) is 0.545. The first-order valence-corrected chi connectivity index (χ1v) is 8.55. The van der Waals surface area contributed by atoms with Crippen LogP contribution in [0.15, 0.2) is 23.8 Å². The number of Topliss-reactive ketones (excluding diaryl/α,β-unsaturated/α-hetero) is 2. The SMILES string of the molecule is C=C(C)[C@H]1CCC2=C[C@@H](CC3(C)CC(=O)[C@@H](CC(=O)C1)O3)OC2=O. The summed E-state index contributed by atoms with van der Waals surface area (Å²) in [5, 5.41) is 0. The van der Waals surface area contributed by atoms with E-state index in [-0.39, 0.29) is 42.4 Å². The van der Waals surface area contributed by atoms with Gasteiger partial charge in [0.05, 0.1) is 5.60 Å². The molecule has 130 valence electrons. The highest BCUT2D eigenvalue weighted by Gasteiger charge is 2.45. The maximum Gasteiger partial charge on any atom is 0.334 e. The van der Waals surface area contributed by atoms with Crippen molar-refractivity contribution in [1.82, 2.24) is 0 Å². The number of allylic oxidation sites excluding steroid dienone is 1. The normalized spacial score (nSPS) is 37.2. The molecule has 4 bridgehead atoms. The first-order valence-electron chi connectivity index (χ1n) is 8.55. The number of hydrogen-bond acceptors (Lipinski definition) is 5. The van der Waals surface area contributed by atoms with Crippen molar-refractivity contribution in [2.75, 3.05) is 0 Å².